The third-order valence-corrected chi connectivity index (χ3v) is 5.13. The summed E-state index contributed by atoms with van der Waals surface area (Å²) in [5, 5.41) is 3.00. The number of carbonyl (C=O) groups excluding carboxylic acids is 2. The highest BCUT2D eigenvalue weighted by Crippen LogP contribution is 2.35. The molecule has 5 heteroatoms. The van der Waals surface area contributed by atoms with Gasteiger partial charge in [-0.2, -0.15) is 0 Å². The Bertz CT molecular complexity index is 398. The van der Waals surface area contributed by atoms with Crippen LogP contribution in [0.25, 0.3) is 0 Å². The molecule has 112 valence electrons. The molecule has 0 radical (unpaired) electrons. The number of nitrogens with zero attached hydrogens (tertiary/aromatic N) is 1. The predicted octanol–water partition coefficient (Wildman–Crippen LogP) is 1.07. The minimum absolute atomic E-state index is 0.0126. The topological polar surface area (TPSA) is 58.6 Å². The lowest BCUT2D eigenvalue weighted by atomic mass is 9.89. The Morgan fingerprint density at radius 3 is 2.55 bits per heavy atom. The summed E-state index contributed by atoms with van der Waals surface area (Å²) in [7, 11) is 0. The second-order valence-corrected chi connectivity index (χ2v) is 6.47. The second-order valence-electron chi connectivity index (χ2n) is 6.47. The van der Waals surface area contributed by atoms with E-state index in [4.69, 9.17) is 4.74 Å². The number of amides is 2. The average Bonchev–Trinajstić information content (AvgIpc) is 2.92. The van der Waals surface area contributed by atoms with E-state index in [2.05, 4.69) is 5.32 Å². The van der Waals surface area contributed by atoms with Crippen LogP contribution in [0.2, 0.25) is 0 Å². The zero-order chi connectivity index (χ0) is 14.2. The molecule has 1 aliphatic carbocycles. The van der Waals surface area contributed by atoms with Crippen LogP contribution in [-0.4, -0.2) is 48.1 Å². The van der Waals surface area contributed by atoms with Gasteiger partial charge in [-0.1, -0.05) is 12.8 Å². The van der Waals surface area contributed by atoms with Gasteiger partial charge in [0.1, 0.15) is 11.6 Å². The summed E-state index contributed by atoms with van der Waals surface area (Å²) >= 11 is 0. The van der Waals surface area contributed by atoms with Crippen molar-refractivity contribution >= 4 is 11.8 Å². The summed E-state index contributed by atoms with van der Waals surface area (Å²) in [6, 6.07) is -0.337. The molecule has 1 N–H and O–H groups in total. The lowest BCUT2D eigenvalue weighted by Gasteiger charge is -2.44. The summed E-state index contributed by atoms with van der Waals surface area (Å²) in [4.78, 5) is 26.9. The maximum absolute atomic E-state index is 12.9. The number of hydrogen-bond donors (Lipinski definition) is 1. The first-order valence-corrected chi connectivity index (χ1v) is 7.83. The van der Waals surface area contributed by atoms with Crippen molar-refractivity contribution < 1.29 is 14.3 Å². The summed E-state index contributed by atoms with van der Waals surface area (Å²) < 4.78 is 5.37. The first-order chi connectivity index (χ1) is 9.62. The number of nitrogens with one attached hydrogen (secondary N) is 1. The Morgan fingerprint density at radius 1 is 1.25 bits per heavy atom. The molecule has 1 spiro atoms. The molecule has 3 rings (SSSR count). The highest BCUT2D eigenvalue weighted by atomic mass is 16.5. The molecule has 1 saturated carbocycles. The molecule has 1 unspecified atom stereocenters. The molecule has 3 aliphatic rings. The van der Waals surface area contributed by atoms with E-state index < -0.39 is 5.54 Å². The number of carbonyl (C=O) groups is 2. The van der Waals surface area contributed by atoms with E-state index in [1.165, 1.54) is 0 Å². The van der Waals surface area contributed by atoms with Crippen LogP contribution in [0.1, 0.15) is 45.4 Å². The van der Waals surface area contributed by atoms with Gasteiger partial charge in [-0.15, -0.1) is 0 Å². The number of rotatable bonds is 2. The zero-order valence-electron chi connectivity index (χ0n) is 12.2. The largest absolute Gasteiger partial charge is 0.381 e. The standard InChI is InChI=1S/C15H24N2O3/c1-11-13(18)16-15(6-2-3-7-15)14(19)17(11)10-12-4-8-20-9-5-12/h11-12H,2-10H2,1H3,(H,16,18). The highest BCUT2D eigenvalue weighted by molar-refractivity contribution is 5.99. The molecular weight excluding hydrogens is 256 g/mol. The van der Waals surface area contributed by atoms with E-state index in [0.717, 1.165) is 51.7 Å². The van der Waals surface area contributed by atoms with Gasteiger partial charge in [-0.3, -0.25) is 9.59 Å². The minimum Gasteiger partial charge on any atom is -0.381 e. The predicted molar refractivity (Wildman–Crippen MR) is 74.1 cm³/mol. The SMILES string of the molecule is CC1C(=O)NC2(CCCC2)C(=O)N1CC1CCOCC1. The molecular formula is C15H24N2O3. The van der Waals surface area contributed by atoms with Gasteiger partial charge in [0.05, 0.1) is 0 Å². The molecule has 2 aliphatic heterocycles. The van der Waals surface area contributed by atoms with Crippen LogP contribution in [0, 0.1) is 5.92 Å². The number of piperazine rings is 1. The molecule has 20 heavy (non-hydrogen) atoms. The Labute approximate surface area is 120 Å². The van der Waals surface area contributed by atoms with Crippen molar-refractivity contribution in [3.8, 4) is 0 Å². The van der Waals surface area contributed by atoms with E-state index >= 15 is 0 Å². The van der Waals surface area contributed by atoms with Gasteiger partial charge in [0.25, 0.3) is 0 Å². The molecule has 0 bridgehead atoms. The maximum atomic E-state index is 12.9. The van der Waals surface area contributed by atoms with Crippen LogP contribution in [0.3, 0.4) is 0 Å². The summed E-state index contributed by atoms with van der Waals surface area (Å²) in [5.74, 6) is 0.631. The summed E-state index contributed by atoms with van der Waals surface area (Å²) in [5.41, 5.74) is -0.589. The van der Waals surface area contributed by atoms with Crippen LogP contribution < -0.4 is 5.32 Å². The van der Waals surface area contributed by atoms with E-state index in [1.54, 1.807) is 0 Å². The average molecular weight is 280 g/mol. The molecule has 5 nitrogen and oxygen atoms in total. The highest BCUT2D eigenvalue weighted by Gasteiger charge is 2.51. The Hall–Kier alpha value is -1.10. The van der Waals surface area contributed by atoms with Crippen LogP contribution in [0.4, 0.5) is 0 Å². The fourth-order valence-corrected chi connectivity index (χ4v) is 3.75. The van der Waals surface area contributed by atoms with Crippen LogP contribution in [0.15, 0.2) is 0 Å². The normalized spacial score (nSPS) is 30.9. The molecule has 1 atom stereocenters. The van der Waals surface area contributed by atoms with Gasteiger partial charge in [-0.25, -0.2) is 0 Å². The van der Waals surface area contributed by atoms with E-state index in [0.29, 0.717) is 12.5 Å². The number of hydrogen-bond acceptors (Lipinski definition) is 3. The molecule has 0 aromatic rings. The van der Waals surface area contributed by atoms with Crippen molar-refractivity contribution in [1.29, 1.82) is 0 Å². The first-order valence-electron chi connectivity index (χ1n) is 7.83. The van der Waals surface area contributed by atoms with Gasteiger partial charge < -0.3 is 15.0 Å². The van der Waals surface area contributed by atoms with Crippen molar-refractivity contribution in [1.82, 2.24) is 10.2 Å². The van der Waals surface area contributed by atoms with Crippen LogP contribution >= 0.6 is 0 Å². The fraction of sp³-hybridized carbons (Fsp3) is 0.867. The second kappa shape index (κ2) is 5.35. The maximum Gasteiger partial charge on any atom is 0.249 e. The van der Waals surface area contributed by atoms with Crippen LogP contribution in [-0.2, 0) is 14.3 Å². The first kappa shape index (κ1) is 13.9. The van der Waals surface area contributed by atoms with Crippen molar-refractivity contribution in [2.45, 2.75) is 57.0 Å². The molecule has 2 heterocycles. The van der Waals surface area contributed by atoms with Gasteiger partial charge in [0.2, 0.25) is 11.8 Å². The third kappa shape index (κ3) is 2.32. The minimum atomic E-state index is -0.589. The number of ether oxygens (including phenoxy) is 1. The molecule has 2 amide bonds. The van der Waals surface area contributed by atoms with Gasteiger partial charge >= 0.3 is 0 Å². The quantitative estimate of drug-likeness (QED) is 0.823. The van der Waals surface area contributed by atoms with E-state index in [-0.39, 0.29) is 17.9 Å². The van der Waals surface area contributed by atoms with Crippen molar-refractivity contribution in [2.24, 2.45) is 5.92 Å². The fourth-order valence-electron chi connectivity index (χ4n) is 3.75. The smallest absolute Gasteiger partial charge is 0.249 e. The lowest BCUT2D eigenvalue weighted by molar-refractivity contribution is -0.155. The van der Waals surface area contributed by atoms with Crippen LogP contribution in [0.5, 0.6) is 0 Å². The van der Waals surface area contributed by atoms with Gasteiger partial charge in [0, 0.05) is 19.8 Å². The lowest BCUT2D eigenvalue weighted by Crippen LogP contribution is -2.69. The Balaban J connectivity index is 1.75. The third-order valence-electron chi connectivity index (χ3n) is 5.13. The van der Waals surface area contributed by atoms with Crippen molar-refractivity contribution in [3.63, 3.8) is 0 Å². The Morgan fingerprint density at radius 2 is 1.90 bits per heavy atom. The summed E-state index contributed by atoms with van der Waals surface area (Å²) in [6.45, 7) is 4.10. The monoisotopic (exact) mass is 280 g/mol. The van der Waals surface area contributed by atoms with Crippen molar-refractivity contribution in [2.75, 3.05) is 19.8 Å². The van der Waals surface area contributed by atoms with E-state index in [1.807, 2.05) is 11.8 Å². The molecule has 0 aromatic heterocycles. The zero-order valence-corrected chi connectivity index (χ0v) is 12.2. The van der Waals surface area contributed by atoms with Crippen molar-refractivity contribution in [3.05, 3.63) is 0 Å². The van der Waals surface area contributed by atoms with E-state index in [9.17, 15) is 9.59 Å². The molecule has 2 saturated heterocycles. The summed E-state index contributed by atoms with van der Waals surface area (Å²) in [6.07, 6.45) is 5.65. The molecule has 3 fully saturated rings. The Kier molecular flexibility index (Phi) is 3.71. The van der Waals surface area contributed by atoms with Gasteiger partial charge in [-0.05, 0) is 38.5 Å². The van der Waals surface area contributed by atoms with Gasteiger partial charge in [0.15, 0.2) is 0 Å². The molecule has 0 aromatic carbocycles.